The van der Waals surface area contributed by atoms with Crippen molar-refractivity contribution in [2.24, 2.45) is 5.92 Å². The van der Waals surface area contributed by atoms with Gasteiger partial charge in [-0.2, -0.15) is 0 Å². The molecule has 2 aromatic rings. The number of aromatic amines is 1. The second-order valence-electron chi connectivity index (χ2n) is 5.75. The predicted molar refractivity (Wildman–Crippen MR) is 83.7 cm³/mol. The molecule has 0 fully saturated rings. The number of ether oxygens (including phenoxy) is 1. The van der Waals surface area contributed by atoms with Gasteiger partial charge in [0.05, 0.1) is 12.8 Å². The van der Waals surface area contributed by atoms with Crippen LogP contribution in [0.15, 0.2) is 24.3 Å². The van der Waals surface area contributed by atoms with E-state index >= 15 is 0 Å². The van der Waals surface area contributed by atoms with Gasteiger partial charge in [0.15, 0.2) is 0 Å². The normalized spacial score (nSPS) is 16.9. The average Bonchev–Trinajstić information content (AvgIpc) is 2.92. The summed E-state index contributed by atoms with van der Waals surface area (Å²) in [5.41, 5.74) is 3.31. The van der Waals surface area contributed by atoms with Crippen LogP contribution in [0.4, 0.5) is 0 Å². The maximum Gasteiger partial charge on any atom is 0.223 e. The van der Waals surface area contributed by atoms with Crippen molar-refractivity contribution < 1.29 is 9.53 Å². The molecule has 0 saturated heterocycles. The van der Waals surface area contributed by atoms with Crippen LogP contribution in [-0.4, -0.2) is 23.0 Å². The molecular formula is C17H21N3O2. The zero-order chi connectivity index (χ0) is 15.5. The van der Waals surface area contributed by atoms with E-state index in [9.17, 15) is 4.79 Å². The molecule has 5 nitrogen and oxygen atoms in total. The third kappa shape index (κ3) is 3.13. The highest BCUT2D eigenvalue weighted by atomic mass is 16.5. The molecule has 1 heterocycles. The van der Waals surface area contributed by atoms with Gasteiger partial charge in [0.25, 0.3) is 0 Å². The van der Waals surface area contributed by atoms with Crippen LogP contribution in [0, 0.1) is 12.8 Å². The van der Waals surface area contributed by atoms with Crippen LogP contribution < -0.4 is 10.1 Å². The minimum atomic E-state index is 0.0330. The van der Waals surface area contributed by atoms with Crippen LogP contribution in [0.25, 0.3) is 0 Å². The van der Waals surface area contributed by atoms with Gasteiger partial charge in [0, 0.05) is 24.6 Å². The molecule has 5 heteroatoms. The fourth-order valence-corrected chi connectivity index (χ4v) is 2.92. The van der Waals surface area contributed by atoms with Crippen LogP contribution >= 0.6 is 0 Å². The lowest BCUT2D eigenvalue weighted by atomic mass is 9.89. The number of methoxy groups -OCH3 is 1. The van der Waals surface area contributed by atoms with E-state index in [0.717, 1.165) is 47.8 Å². The van der Waals surface area contributed by atoms with Crippen molar-refractivity contribution in [1.29, 1.82) is 0 Å². The third-order valence-electron chi connectivity index (χ3n) is 4.16. The standard InChI is InChI=1S/C17H21N3O2/c1-11-19-15-8-5-13(9-16(15)20-11)17(21)18-10-12-3-6-14(22-2)7-4-12/h3-4,6-7,13H,5,8-10H2,1-2H3,(H,18,21)(H,19,20). The summed E-state index contributed by atoms with van der Waals surface area (Å²) in [5, 5.41) is 3.03. The van der Waals surface area contributed by atoms with Gasteiger partial charge < -0.3 is 15.0 Å². The SMILES string of the molecule is COc1ccc(CNC(=O)C2CCc3nc(C)[nH]c3C2)cc1. The summed E-state index contributed by atoms with van der Waals surface area (Å²) in [6, 6.07) is 7.75. The van der Waals surface area contributed by atoms with Gasteiger partial charge in [-0.1, -0.05) is 12.1 Å². The van der Waals surface area contributed by atoms with Crippen molar-refractivity contribution >= 4 is 5.91 Å². The van der Waals surface area contributed by atoms with Crippen molar-refractivity contribution in [2.75, 3.05) is 7.11 Å². The largest absolute Gasteiger partial charge is 0.497 e. The second kappa shape index (κ2) is 6.22. The molecule has 1 atom stereocenters. The van der Waals surface area contributed by atoms with E-state index in [1.807, 2.05) is 31.2 Å². The number of carbonyl (C=O) groups excluding carboxylic acids is 1. The molecule has 116 valence electrons. The van der Waals surface area contributed by atoms with Crippen LogP contribution in [0.1, 0.15) is 29.2 Å². The monoisotopic (exact) mass is 299 g/mol. The molecule has 3 rings (SSSR count). The molecule has 2 N–H and O–H groups in total. The number of hydrogen-bond acceptors (Lipinski definition) is 3. The summed E-state index contributed by atoms with van der Waals surface area (Å²) in [6.45, 7) is 2.51. The Morgan fingerprint density at radius 1 is 1.41 bits per heavy atom. The van der Waals surface area contributed by atoms with Crippen molar-refractivity contribution in [3.8, 4) is 5.75 Å². The first-order valence-corrected chi connectivity index (χ1v) is 7.60. The molecule has 0 aliphatic heterocycles. The Labute approximate surface area is 130 Å². The van der Waals surface area contributed by atoms with E-state index in [0.29, 0.717) is 6.54 Å². The van der Waals surface area contributed by atoms with Crippen LogP contribution in [-0.2, 0) is 24.2 Å². The van der Waals surface area contributed by atoms with Gasteiger partial charge in [0.1, 0.15) is 11.6 Å². The predicted octanol–water partition coefficient (Wildman–Crippen LogP) is 2.15. The number of benzene rings is 1. The molecule has 1 aliphatic carbocycles. The van der Waals surface area contributed by atoms with Gasteiger partial charge in [-0.05, 0) is 37.5 Å². The molecule has 1 aromatic carbocycles. The number of aryl methyl sites for hydroxylation is 2. The quantitative estimate of drug-likeness (QED) is 0.909. The molecule has 0 spiro atoms. The molecule has 1 unspecified atom stereocenters. The summed E-state index contributed by atoms with van der Waals surface area (Å²) in [6.07, 6.45) is 2.50. The number of imidazole rings is 1. The fraction of sp³-hybridized carbons (Fsp3) is 0.412. The highest BCUT2D eigenvalue weighted by Gasteiger charge is 2.26. The lowest BCUT2D eigenvalue weighted by Crippen LogP contribution is -2.33. The molecule has 0 radical (unpaired) electrons. The van der Waals surface area contributed by atoms with E-state index in [-0.39, 0.29) is 11.8 Å². The van der Waals surface area contributed by atoms with Crippen molar-refractivity contribution in [1.82, 2.24) is 15.3 Å². The Morgan fingerprint density at radius 2 is 2.18 bits per heavy atom. The van der Waals surface area contributed by atoms with E-state index in [4.69, 9.17) is 4.74 Å². The molecule has 0 bridgehead atoms. The zero-order valence-corrected chi connectivity index (χ0v) is 13.0. The first kappa shape index (κ1) is 14.6. The van der Waals surface area contributed by atoms with Crippen LogP contribution in [0.3, 0.4) is 0 Å². The molecular weight excluding hydrogens is 278 g/mol. The maximum absolute atomic E-state index is 12.3. The summed E-state index contributed by atoms with van der Waals surface area (Å²) < 4.78 is 5.13. The number of H-pyrrole nitrogens is 1. The topological polar surface area (TPSA) is 67.0 Å². The number of nitrogens with one attached hydrogen (secondary N) is 2. The van der Waals surface area contributed by atoms with E-state index < -0.39 is 0 Å². The summed E-state index contributed by atoms with van der Waals surface area (Å²) >= 11 is 0. The maximum atomic E-state index is 12.3. The Morgan fingerprint density at radius 3 is 2.91 bits per heavy atom. The first-order chi connectivity index (χ1) is 10.7. The number of hydrogen-bond donors (Lipinski definition) is 2. The fourth-order valence-electron chi connectivity index (χ4n) is 2.92. The highest BCUT2D eigenvalue weighted by molar-refractivity contribution is 5.79. The molecule has 1 aliphatic rings. The Bertz CT molecular complexity index is 661. The van der Waals surface area contributed by atoms with Crippen molar-refractivity contribution in [3.05, 3.63) is 47.0 Å². The lowest BCUT2D eigenvalue weighted by Gasteiger charge is -2.20. The van der Waals surface area contributed by atoms with Crippen LogP contribution in [0.5, 0.6) is 5.75 Å². The number of carbonyl (C=O) groups is 1. The lowest BCUT2D eigenvalue weighted by molar-refractivity contribution is -0.125. The minimum absolute atomic E-state index is 0.0330. The summed E-state index contributed by atoms with van der Waals surface area (Å²) in [5.74, 6) is 1.91. The molecule has 1 aromatic heterocycles. The van der Waals surface area contributed by atoms with Crippen LogP contribution in [0.2, 0.25) is 0 Å². The highest BCUT2D eigenvalue weighted by Crippen LogP contribution is 2.24. The van der Waals surface area contributed by atoms with E-state index in [1.165, 1.54) is 0 Å². The second-order valence-corrected chi connectivity index (χ2v) is 5.75. The number of nitrogens with zero attached hydrogens (tertiary/aromatic N) is 1. The molecule has 22 heavy (non-hydrogen) atoms. The first-order valence-electron chi connectivity index (χ1n) is 7.60. The minimum Gasteiger partial charge on any atom is -0.497 e. The van der Waals surface area contributed by atoms with E-state index in [1.54, 1.807) is 7.11 Å². The van der Waals surface area contributed by atoms with Gasteiger partial charge >= 0.3 is 0 Å². The molecule has 1 amide bonds. The number of fused-ring (bicyclic) bond motifs is 1. The molecule has 0 saturated carbocycles. The average molecular weight is 299 g/mol. The Balaban J connectivity index is 1.56. The third-order valence-corrected chi connectivity index (χ3v) is 4.16. The Hall–Kier alpha value is -2.30. The zero-order valence-electron chi connectivity index (χ0n) is 13.0. The number of amides is 1. The smallest absolute Gasteiger partial charge is 0.223 e. The van der Waals surface area contributed by atoms with Gasteiger partial charge in [0.2, 0.25) is 5.91 Å². The van der Waals surface area contributed by atoms with Crippen molar-refractivity contribution in [2.45, 2.75) is 32.7 Å². The van der Waals surface area contributed by atoms with E-state index in [2.05, 4.69) is 15.3 Å². The Kier molecular flexibility index (Phi) is 4.13. The number of rotatable bonds is 4. The summed E-state index contributed by atoms with van der Waals surface area (Å²) in [4.78, 5) is 20.1. The summed E-state index contributed by atoms with van der Waals surface area (Å²) in [7, 11) is 1.64. The van der Waals surface area contributed by atoms with Gasteiger partial charge in [-0.15, -0.1) is 0 Å². The van der Waals surface area contributed by atoms with Gasteiger partial charge in [-0.3, -0.25) is 4.79 Å². The van der Waals surface area contributed by atoms with Gasteiger partial charge in [-0.25, -0.2) is 4.98 Å². The van der Waals surface area contributed by atoms with Crippen molar-refractivity contribution in [3.63, 3.8) is 0 Å². The number of aromatic nitrogens is 2.